The van der Waals surface area contributed by atoms with Crippen molar-refractivity contribution >= 4 is 47.0 Å². The number of fused-ring (bicyclic) bond motifs is 1. The van der Waals surface area contributed by atoms with Crippen LogP contribution in [0.25, 0.3) is 10.8 Å². The third-order valence-corrected chi connectivity index (χ3v) is 2.68. The molecule has 1 heterocycles. The summed E-state index contributed by atoms with van der Waals surface area (Å²) < 4.78 is 1.51. The van der Waals surface area contributed by atoms with Crippen LogP contribution in [-0.4, -0.2) is 3.21 Å². The predicted molar refractivity (Wildman–Crippen MR) is 114 cm³/mol. The number of rotatable bonds is 0. The molecule has 0 amide bonds. The smallest absolute Gasteiger partial charge is 0.0809 e. The van der Waals surface area contributed by atoms with Crippen LogP contribution >= 0.6 is 33.0 Å². The molecule has 0 radical (unpaired) electrons. The summed E-state index contributed by atoms with van der Waals surface area (Å²) in [5.41, 5.74) is 0. The Morgan fingerprint density at radius 1 is 1.00 bits per heavy atom. The third-order valence-electron chi connectivity index (χ3n) is 1.99. The Bertz CT molecular complexity index is 508. The molecule has 0 N–H and O–H groups in total. The second kappa shape index (κ2) is 21.9. The van der Waals surface area contributed by atoms with Crippen LogP contribution in [0.3, 0.4) is 0 Å². The summed E-state index contributed by atoms with van der Waals surface area (Å²) in [6.07, 6.45) is 0. The van der Waals surface area contributed by atoms with Crippen molar-refractivity contribution in [2.75, 3.05) is 0 Å². The SMILES string of the molecule is C[C](C)=[Zr].Cl.Cl.[CH3-].[CH3-].[CH3-].[c-]1ccc[pH]1.c1ccc2[cH-]ccc2c1. The molecule has 4 heteroatoms. The minimum absolute atomic E-state index is 0. The molecule has 3 rings (SSSR count). The monoisotopic (exact) mass is 447 g/mol. The van der Waals surface area contributed by atoms with Gasteiger partial charge in [0, 0.05) is 0 Å². The van der Waals surface area contributed by atoms with E-state index in [0.29, 0.717) is 0 Å². The maximum absolute atomic E-state index is 3.01. The van der Waals surface area contributed by atoms with E-state index in [1.165, 1.54) is 14.0 Å². The molecule has 0 bridgehead atoms. The average molecular weight is 450 g/mol. The molecule has 1 atom stereocenters. The van der Waals surface area contributed by atoms with Gasteiger partial charge in [-0.05, 0) is 0 Å². The average Bonchev–Trinajstić information content (AvgIpc) is 3.03. The van der Waals surface area contributed by atoms with Crippen LogP contribution < -0.4 is 0 Å². The van der Waals surface area contributed by atoms with E-state index in [1.54, 1.807) is 24.2 Å². The largest absolute Gasteiger partial charge is 0.358 e. The van der Waals surface area contributed by atoms with Gasteiger partial charge in [0.05, 0.1) is 0 Å². The fraction of sp³-hybridized carbons (Fsp3) is 0.105. The van der Waals surface area contributed by atoms with Gasteiger partial charge >= 0.3 is 41.3 Å². The van der Waals surface area contributed by atoms with Crippen LogP contribution in [0.2, 0.25) is 0 Å². The Morgan fingerprint density at radius 2 is 1.57 bits per heavy atom. The molecule has 0 saturated heterocycles. The topological polar surface area (TPSA) is 0 Å². The summed E-state index contributed by atoms with van der Waals surface area (Å²) in [5, 5.41) is 2.66. The van der Waals surface area contributed by atoms with Crippen molar-refractivity contribution in [1.82, 2.24) is 0 Å². The Labute approximate surface area is 172 Å². The maximum Gasteiger partial charge on any atom is -0.0809 e. The van der Waals surface area contributed by atoms with E-state index in [0.717, 1.165) is 8.19 Å². The fourth-order valence-electron chi connectivity index (χ4n) is 1.31. The first kappa shape index (κ1) is 34.3. The Hall–Kier alpha value is -0.0569. The van der Waals surface area contributed by atoms with Crippen molar-refractivity contribution in [2.45, 2.75) is 13.8 Å². The number of hydrogen-bond acceptors (Lipinski definition) is 0. The van der Waals surface area contributed by atoms with Crippen LogP contribution in [0.5, 0.6) is 0 Å². The summed E-state index contributed by atoms with van der Waals surface area (Å²) in [7, 11) is 0.823. The van der Waals surface area contributed by atoms with Crippen molar-refractivity contribution in [3.63, 3.8) is 0 Å². The molecule has 0 aliphatic carbocycles. The summed E-state index contributed by atoms with van der Waals surface area (Å²) in [5.74, 6) is 5.11. The first-order chi connectivity index (χ1) is 8.70. The van der Waals surface area contributed by atoms with E-state index in [1.807, 2.05) is 12.1 Å². The number of benzene rings is 1. The van der Waals surface area contributed by atoms with E-state index in [2.05, 4.69) is 67.9 Å². The van der Waals surface area contributed by atoms with Gasteiger partial charge in [-0.3, -0.25) is 8.19 Å². The summed E-state index contributed by atoms with van der Waals surface area (Å²) in [6, 6.07) is 18.6. The zero-order valence-electron chi connectivity index (χ0n) is 14.6. The van der Waals surface area contributed by atoms with E-state index in [9.17, 15) is 0 Å². The molecular weight excluding hydrogens is 421 g/mol. The Morgan fingerprint density at radius 3 is 1.96 bits per heavy atom. The standard InChI is InChI=1S/C9H7.C4H4P.C3H6.3CH3.2ClH.Zr/c1-2-5-9-7-3-6-8(9)4-1;1-2-4-5-3-1;1-3-2;;;;;;/h1-7H;1-3,5H;1-2H3;3*1H3;2*1H;/q2*-1;;3*-1;;;. The minimum Gasteiger partial charge on any atom is -0.358 e. The first-order valence-corrected chi connectivity index (χ1v) is 8.12. The molecule has 0 aliphatic heterocycles. The predicted octanol–water partition coefficient (Wildman–Crippen LogP) is 7.02. The van der Waals surface area contributed by atoms with E-state index in [-0.39, 0.29) is 47.1 Å². The van der Waals surface area contributed by atoms with Crippen LogP contribution in [0.15, 0.2) is 60.4 Å². The Balaban J connectivity index is -0.0000000690. The number of hydrogen-bond donors (Lipinski definition) is 0. The van der Waals surface area contributed by atoms with Crippen LogP contribution in [-0.2, 0) is 24.2 Å². The number of halogens is 2. The van der Waals surface area contributed by atoms with Crippen LogP contribution in [0.4, 0.5) is 0 Å². The molecule has 132 valence electrons. The van der Waals surface area contributed by atoms with Crippen molar-refractivity contribution in [3.05, 3.63) is 88.5 Å². The van der Waals surface area contributed by atoms with Gasteiger partial charge in [0.2, 0.25) is 0 Å². The van der Waals surface area contributed by atoms with Gasteiger partial charge < -0.3 is 22.3 Å². The summed E-state index contributed by atoms with van der Waals surface area (Å²) in [4.78, 5) is 0. The first-order valence-electron chi connectivity index (χ1n) is 5.82. The summed E-state index contributed by atoms with van der Waals surface area (Å²) >= 11 is 1.55. The van der Waals surface area contributed by atoms with Gasteiger partial charge in [0.15, 0.2) is 0 Å². The fourth-order valence-corrected chi connectivity index (χ4v) is 1.79. The van der Waals surface area contributed by atoms with Gasteiger partial charge in [0.1, 0.15) is 0 Å². The van der Waals surface area contributed by atoms with Crippen LogP contribution in [0, 0.1) is 28.1 Å². The van der Waals surface area contributed by atoms with Crippen molar-refractivity contribution in [2.24, 2.45) is 0 Å². The molecule has 1 unspecified atom stereocenters. The van der Waals surface area contributed by atoms with Crippen molar-refractivity contribution in [1.29, 1.82) is 0 Å². The molecule has 0 aliphatic rings. The minimum atomic E-state index is 0. The van der Waals surface area contributed by atoms with Crippen molar-refractivity contribution < 1.29 is 24.2 Å². The van der Waals surface area contributed by atoms with Gasteiger partial charge in [-0.2, -0.15) is 35.2 Å². The third kappa shape index (κ3) is 18.1. The zero-order valence-corrected chi connectivity index (χ0v) is 19.7. The quantitative estimate of drug-likeness (QED) is 0.324. The van der Waals surface area contributed by atoms with E-state index < -0.39 is 0 Å². The molecule has 0 nitrogen and oxygen atoms in total. The molecule has 23 heavy (non-hydrogen) atoms. The van der Waals surface area contributed by atoms with Gasteiger partial charge in [-0.1, -0.05) is 6.07 Å². The van der Waals surface area contributed by atoms with Gasteiger partial charge in [-0.15, -0.1) is 54.5 Å². The molecule has 3 aromatic rings. The summed E-state index contributed by atoms with van der Waals surface area (Å²) in [6.45, 7) is 4.25. The van der Waals surface area contributed by atoms with Gasteiger partial charge in [0.25, 0.3) is 0 Å². The normalized spacial score (nSPS) is 7.17. The molecule has 2 aromatic carbocycles. The second-order valence-corrected chi connectivity index (χ2v) is 7.34. The molecule has 1 aromatic heterocycles. The molecule has 0 spiro atoms. The van der Waals surface area contributed by atoms with E-state index in [4.69, 9.17) is 0 Å². The van der Waals surface area contributed by atoms with Gasteiger partial charge in [-0.25, -0.2) is 6.07 Å². The maximum atomic E-state index is 3.01. The molecule has 0 fully saturated rings. The van der Waals surface area contributed by atoms with Crippen LogP contribution in [0.1, 0.15) is 13.8 Å². The second-order valence-electron chi connectivity index (χ2n) is 3.97. The molecule has 0 saturated carbocycles. The van der Waals surface area contributed by atoms with Crippen molar-refractivity contribution in [3.8, 4) is 0 Å². The van der Waals surface area contributed by atoms with E-state index >= 15 is 0 Å². The Kier molecular flexibility index (Phi) is 32.7. The zero-order chi connectivity index (χ0) is 13.2. The molecular formula is C19H28Cl2PZr-5.